The molecule has 144 valence electrons. The van der Waals surface area contributed by atoms with E-state index in [9.17, 15) is 9.59 Å². The minimum Gasteiger partial charge on any atom is -0.481 e. The Kier molecular flexibility index (Phi) is 17.4. The Balaban J connectivity index is 3.91. The fraction of sp³-hybridized carbons (Fsp3) is 0.789. The van der Waals surface area contributed by atoms with Crippen molar-refractivity contribution in [3.8, 4) is 11.8 Å². The number of rotatable bonds is 16. The Labute approximate surface area is 160 Å². The molecule has 0 aromatic rings. The molecule has 0 rings (SSSR count). The SMILES string of the molecule is CCCCCCCCCCC#CC(SCCC(=O)O)SCCC(=O)O. The molecule has 0 atom stereocenters. The van der Waals surface area contributed by atoms with Gasteiger partial charge in [0.2, 0.25) is 0 Å². The van der Waals surface area contributed by atoms with Crippen molar-refractivity contribution in [1.82, 2.24) is 0 Å². The highest BCUT2D eigenvalue weighted by atomic mass is 32.2. The van der Waals surface area contributed by atoms with E-state index in [1.165, 1.54) is 68.5 Å². The van der Waals surface area contributed by atoms with E-state index in [1.807, 2.05) is 0 Å². The molecular weight excluding hydrogens is 356 g/mol. The molecule has 0 aliphatic carbocycles. The summed E-state index contributed by atoms with van der Waals surface area (Å²) in [5.74, 6) is 5.75. The zero-order chi connectivity index (χ0) is 18.8. The molecule has 2 N–H and O–H groups in total. The molecule has 0 fully saturated rings. The second-order valence-electron chi connectivity index (χ2n) is 5.91. The Morgan fingerprint density at radius 2 is 1.32 bits per heavy atom. The van der Waals surface area contributed by atoms with Crippen molar-refractivity contribution < 1.29 is 19.8 Å². The molecule has 25 heavy (non-hydrogen) atoms. The lowest BCUT2D eigenvalue weighted by molar-refractivity contribution is -0.137. The highest BCUT2D eigenvalue weighted by Gasteiger charge is 2.09. The average Bonchev–Trinajstić information content (AvgIpc) is 2.55. The van der Waals surface area contributed by atoms with Gasteiger partial charge in [-0.2, -0.15) is 0 Å². The van der Waals surface area contributed by atoms with E-state index in [0.717, 1.165) is 12.8 Å². The number of carboxylic acids is 2. The quantitative estimate of drug-likeness (QED) is 0.213. The first-order chi connectivity index (χ1) is 12.1. The fourth-order valence-corrected chi connectivity index (χ4v) is 4.45. The predicted octanol–water partition coefficient (Wildman–Crippen LogP) is 5.26. The average molecular weight is 389 g/mol. The largest absolute Gasteiger partial charge is 0.481 e. The molecule has 0 aliphatic rings. The number of aliphatic carboxylic acids is 2. The fourth-order valence-electron chi connectivity index (χ4n) is 2.14. The van der Waals surface area contributed by atoms with Crippen molar-refractivity contribution in [3.05, 3.63) is 0 Å². The lowest BCUT2D eigenvalue weighted by Crippen LogP contribution is -2.03. The van der Waals surface area contributed by atoms with E-state index in [4.69, 9.17) is 10.2 Å². The van der Waals surface area contributed by atoms with Crippen LogP contribution < -0.4 is 0 Å². The van der Waals surface area contributed by atoms with Crippen molar-refractivity contribution in [2.45, 2.75) is 82.1 Å². The minimum atomic E-state index is -0.811. The van der Waals surface area contributed by atoms with Gasteiger partial charge in [0.05, 0.1) is 12.8 Å². The summed E-state index contributed by atoms with van der Waals surface area (Å²) in [6.45, 7) is 2.23. The third-order valence-electron chi connectivity index (χ3n) is 3.55. The van der Waals surface area contributed by atoms with Crippen LogP contribution in [0.25, 0.3) is 0 Å². The van der Waals surface area contributed by atoms with Crippen LogP contribution in [0.15, 0.2) is 0 Å². The number of unbranched alkanes of at least 4 members (excludes halogenated alkanes) is 8. The van der Waals surface area contributed by atoms with E-state index < -0.39 is 11.9 Å². The van der Waals surface area contributed by atoms with Gasteiger partial charge in [-0.3, -0.25) is 9.59 Å². The molecule has 0 unspecified atom stereocenters. The summed E-state index contributed by atoms with van der Waals surface area (Å²) in [7, 11) is 0. The van der Waals surface area contributed by atoms with Crippen LogP contribution in [-0.4, -0.2) is 38.2 Å². The van der Waals surface area contributed by atoms with Crippen LogP contribution in [-0.2, 0) is 9.59 Å². The van der Waals surface area contributed by atoms with Crippen LogP contribution >= 0.6 is 23.5 Å². The Morgan fingerprint density at radius 1 is 0.840 bits per heavy atom. The summed E-state index contributed by atoms with van der Waals surface area (Å²) >= 11 is 2.99. The Morgan fingerprint density at radius 3 is 1.80 bits per heavy atom. The molecule has 0 saturated carbocycles. The second-order valence-corrected chi connectivity index (χ2v) is 8.63. The highest BCUT2D eigenvalue weighted by Crippen LogP contribution is 2.24. The standard InChI is InChI=1S/C19H32O4S2/c1-2-3-4-5-6-7-8-9-10-11-12-19(24-15-13-17(20)21)25-16-14-18(22)23/h19H,2-10,13-16H2,1H3,(H,20,21)(H,22,23). The smallest absolute Gasteiger partial charge is 0.304 e. The molecule has 0 saturated heterocycles. The Bertz CT molecular complexity index is 395. The number of carboxylic acid groups (broad SMARTS) is 2. The lowest BCUT2D eigenvalue weighted by atomic mass is 10.1. The second kappa shape index (κ2) is 18.0. The molecule has 0 radical (unpaired) electrons. The van der Waals surface area contributed by atoms with Crippen LogP contribution in [0.1, 0.15) is 77.6 Å². The van der Waals surface area contributed by atoms with Crippen molar-refractivity contribution in [2.24, 2.45) is 0 Å². The maximum absolute atomic E-state index is 10.6. The Hall–Kier alpha value is -0.800. The van der Waals surface area contributed by atoms with Gasteiger partial charge in [0.25, 0.3) is 0 Å². The van der Waals surface area contributed by atoms with Crippen molar-refractivity contribution in [3.63, 3.8) is 0 Å². The molecule has 0 aliphatic heterocycles. The van der Waals surface area contributed by atoms with Gasteiger partial charge in [0.15, 0.2) is 0 Å². The molecule has 0 aromatic heterocycles. The molecule has 0 bridgehead atoms. The summed E-state index contributed by atoms with van der Waals surface area (Å²) in [4.78, 5) is 21.2. The summed E-state index contributed by atoms with van der Waals surface area (Å²) < 4.78 is -0.0345. The third kappa shape index (κ3) is 19.4. The zero-order valence-electron chi connectivity index (χ0n) is 15.3. The summed E-state index contributed by atoms with van der Waals surface area (Å²) in [5, 5.41) is 17.4. The van der Waals surface area contributed by atoms with Gasteiger partial charge in [-0.05, 0) is 6.42 Å². The normalized spacial score (nSPS) is 10.5. The zero-order valence-corrected chi connectivity index (χ0v) is 16.9. The lowest BCUT2D eigenvalue weighted by Gasteiger charge is -2.08. The van der Waals surface area contributed by atoms with Crippen LogP contribution in [0.3, 0.4) is 0 Å². The summed E-state index contributed by atoms with van der Waals surface area (Å²) in [6, 6.07) is 0. The van der Waals surface area contributed by atoms with Gasteiger partial charge < -0.3 is 10.2 Å². The van der Waals surface area contributed by atoms with Crippen LogP contribution in [0.5, 0.6) is 0 Å². The van der Waals surface area contributed by atoms with Crippen molar-refractivity contribution in [2.75, 3.05) is 11.5 Å². The first kappa shape index (κ1) is 24.2. The molecule has 0 heterocycles. The number of hydrogen-bond acceptors (Lipinski definition) is 4. The molecular formula is C19H32O4S2. The third-order valence-corrected chi connectivity index (χ3v) is 6.08. The van der Waals surface area contributed by atoms with Gasteiger partial charge >= 0.3 is 11.9 Å². The van der Waals surface area contributed by atoms with Gasteiger partial charge in [-0.1, -0.05) is 57.8 Å². The van der Waals surface area contributed by atoms with E-state index in [1.54, 1.807) is 0 Å². The van der Waals surface area contributed by atoms with E-state index in [2.05, 4.69) is 18.8 Å². The maximum atomic E-state index is 10.6. The molecule has 0 amide bonds. The monoisotopic (exact) mass is 388 g/mol. The van der Waals surface area contributed by atoms with E-state index in [0.29, 0.717) is 11.5 Å². The molecule has 4 nitrogen and oxygen atoms in total. The summed E-state index contributed by atoms with van der Waals surface area (Å²) in [6.07, 6.45) is 11.3. The van der Waals surface area contributed by atoms with Gasteiger partial charge in [0, 0.05) is 17.9 Å². The number of thioether (sulfide) groups is 2. The van der Waals surface area contributed by atoms with E-state index in [-0.39, 0.29) is 17.4 Å². The molecule has 0 spiro atoms. The van der Waals surface area contributed by atoms with Crippen LogP contribution in [0.4, 0.5) is 0 Å². The first-order valence-electron chi connectivity index (χ1n) is 9.21. The highest BCUT2D eigenvalue weighted by molar-refractivity contribution is 8.17. The van der Waals surface area contributed by atoms with Gasteiger partial charge in [0.1, 0.15) is 4.58 Å². The maximum Gasteiger partial charge on any atom is 0.304 e. The topological polar surface area (TPSA) is 74.6 Å². The number of hydrogen-bond donors (Lipinski definition) is 2. The molecule has 6 heteroatoms. The van der Waals surface area contributed by atoms with Crippen molar-refractivity contribution in [1.29, 1.82) is 0 Å². The van der Waals surface area contributed by atoms with Crippen molar-refractivity contribution >= 4 is 35.5 Å². The van der Waals surface area contributed by atoms with Crippen LogP contribution in [0, 0.1) is 11.8 Å². The molecule has 0 aromatic carbocycles. The predicted molar refractivity (Wildman–Crippen MR) is 108 cm³/mol. The van der Waals surface area contributed by atoms with E-state index >= 15 is 0 Å². The summed E-state index contributed by atoms with van der Waals surface area (Å²) in [5.41, 5.74) is 0. The van der Waals surface area contributed by atoms with Crippen LogP contribution in [0.2, 0.25) is 0 Å². The van der Waals surface area contributed by atoms with Gasteiger partial charge in [-0.15, -0.1) is 29.4 Å². The van der Waals surface area contributed by atoms with Gasteiger partial charge in [-0.25, -0.2) is 0 Å². The minimum absolute atomic E-state index is 0.0345. The first-order valence-corrected chi connectivity index (χ1v) is 11.3. The number of carbonyl (C=O) groups is 2.